The Balaban J connectivity index is 2.48. The van der Waals surface area contributed by atoms with Crippen LogP contribution in [0.2, 0.25) is 0 Å². The molecule has 5 nitrogen and oxygen atoms in total. The van der Waals surface area contributed by atoms with Gasteiger partial charge in [0.05, 0.1) is 0 Å². The monoisotopic (exact) mass is 152 g/mol. The van der Waals surface area contributed by atoms with Crippen LogP contribution in [0.3, 0.4) is 0 Å². The third kappa shape index (κ3) is 1.47. The first-order valence-corrected chi connectivity index (χ1v) is 3.15. The molecule has 52 valence electrons. The molecule has 2 unspecified atom stereocenters. The van der Waals surface area contributed by atoms with Crippen LogP contribution in [0.15, 0.2) is 0 Å². The number of hydrogen-bond acceptors (Lipinski definition) is 4. The summed E-state index contributed by atoms with van der Waals surface area (Å²) >= 11 is -1.85. The Morgan fingerprint density at radius 1 is 1.78 bits per heavy atom. The molecule has 1 fully saturated rings. The summed E-state index contributed by atoms with van der Waals surface area (Å²) in [6.07, 6.45) is -1.06. The molecule has 9 heavy (non-hydrogen) atoms. The van der Waals surface area contributed by atoms with Gasteiger partial charge in [-0.25, -0.2) is 4.79 Å². The molecule has 0 amide bonds. The topological polar surface area (TPSA) is 72.8 Å². The summed E-state index contributed by atoms with van der Waals surface area (Å²) in [5.41, 5.74) is 0. The predicted octanol–water partition coefficient (Wildman–Crippen LogP) is -0.935. The van der Waals surface area contributed by atoms with Crippen molar-refractivity contribution in [2.45, 2.75) is 6.10 Å². The highest BCUT2D eigenvalue weighted by molar-refractivity contribution is 7.75. The molecular formula is C3H4O5S. The average Bonchev–Trinajstić information content (AvgIpc) is 2.14. The van der Waals surface area contributed by atoms with Crippen molar-refractivity contribution in [3.8, 4) is 0 Å². The maximum atomic E-state index is 10.2. The first kappa shape index (κ1) is 6.66. The minimum absolute atomic E-state index is 0.137. The zero-order chi connectivity index (χ0) is 6.85. The molecule has 0 aromatic carbocycles. The average molecular weight is 152 g/mol. The SMILES string of the molecule is O=C(O)C1COS(=O)O1. The standard InChI is InChI=1S/C3H4O5S/c4-3(5)2-1-7-9(6)8-2/h2H,1H2,(H,4,5). The van der Waals surface area contributed by atoms with Crippen molar-refractivity contribution >= 4 is 17.3 Å². The van der Waals surface area contributed by atoms with Gasteiger partial charge >= 0.3 is 17.3 Å². The van der Waals surface area contributed by atoms with Crippen molar-refractivity contribution in [1.82, 2.24) is 0 Å². The molecule has 2 atom stereocenters. The molecule has 1 aliphatic heterocycles. The largest absolute Gasteiger partial charge is 0.479 e. The lowest BCUT2D eigenvalue weighted by Crippen LogP contribution is -2.21. The smallest absolute Gasteiger partial charge is 0.336 e. The second kappa shape index (κ2) is 2.42. The van der Waals surface area contributed by atoms with E-state index in [9.17, 15) is 9.00 Å². The minimum atomic E-state index is -1.85. The lowest BCUT2D eigenvalue weighted by molar-refractivity contribution is -0.144. The Labute approximate surface area is 53.4 Å². The summed E-state index contributed by atoms with van der Waals surface area (Å²) in [7, 11) is 0. The first-order chi connectivity index (χ1) is 4.20. The van der Waals surface area contributed by atoms with Crippen LogP contribution in [-0.4, -0.2) is 28.0 Å². The van der Waals surface area contributed by atoms with Gasteiger partial charge in [-0.1, -0.05) is 0 Å². The Hall–Kier alpha value is -0.460. The Morgan fingerprint density at radius 3 is 2.67 bits per heavy atom. The van der Waals surface area contributed by atoms with E-state index in [0.717, 1.165) is 0 Å². The van der Waals surface area contributed by atoms with E-state index in [0.29, 0.717) is 0 Å². The minimum Gasteiger partial charge on any atom is -0.479 e. The van der Waals surface area contributed by atoms with Gasteiger partial charge in [0.25, 0.3) is 0 Å². The summed E-state index contributed by atoms with van der Waals surface area (Å²) < 4.78 is 18.7. The summed E-state index contributed by atoms with van der Waals surface area (Å²) in [6.45, 7) is -0.137. The number of carboxylic acids is 1. The molecule has 0 bridgehead atoms. The van der Waals surface area contributed by atoms with Crippen LogP contribution in [-0.2, 0) is 24.5 Å². The van der Waals surface area contributed by atoms with Gasteiger partial charge in [-0.05, 0) is 0 Å². The second-order valence-electron chi connectivity index (χ2n) is 1.41. The van der Waals surface area contributed by atoms with E-state index in [2.05, 4.69) is 8.37 Å². The highest BCUT2D eigenvalue weighted by atomic mass is 32.2. The fourth-order valence-corrected chi connectivity index (χ4v) is 0.998. The van der Waals surface area contributed by atoms with E-state index in [4.69, 9.17) is 5.11 Å². The number of rotatable bonds is 1. The molecule has 0 aromatic heterocycles. The number of hydrogen-bond donors (Lipinski definition) is 1. The lowest BCUT2D eigenvalue weighted by Gasteiger charge is -1.93. The van der Waals surface area contributed by atoms with Gasteiger partial charge in [0.2, 0.25) is 0 Å². The lowest BCUT2D eigenvalue weighted by atomic mass is 10.4. The van der Waals surface area contributed by atoms with Crippen LogP contribution in [0.1, 0.15) is 0 Å². The Bertz CT molecular complexity index is 154. The van der Waals surface area contributed by atoms with E-state index in [1.807, 2.05) is 0 Å². The molecule has 6 heteroatoms. The van der Waals surface area contributed by atoms with Crippen molar-refractivity contribution in [3.05, 3.63) is 0 Å². The summed E-state index contributed by atoms with van der Waals surface area (Å²) in [5, 5.41) is 8.19. The van der Waals surface area contributed by atoms with Gasteiger partial charge in [-0.15, -0.1) is 0 Å². The van der Waals surface area contributed by atoms with E-state index in [-0.39, 0.29) is 6.61 Å². The van der Waals surface area contributed by atoms with Gasteiger partial charge in [-0.2, -0.15) is 4.21 Å². The van der Waals surface area contributed by atoms with Gasteiger partial charge in [0, 0.05) is 0 Å². The van der Waals surface area contributed by atoms with Crippen LogP contribution < -0.4 is 0 Å². The van der Waals surface area contributed by atoms with Crippen LogP contribution in [0.5, 0.6) is 0 Å². The molecule has 1 rings (SSSR count). The molecule has 1 saturated heterocycles. The van der Waals surface area contributed by atoms with E-state index < -0.39 is 23.4 Å². The van der Waals surface area contributed by atoms with Gasteiger partial charge in [0.15, 0.2) is 6.10 Å². The maximum absolute atomic E-state index is 10.2. The Kier molecular flexibility index (Phi) is 1.79. The number of aliphatic carboxylic acids is 1. The van der Waals surface area contributed by atoms with Crippen LogP contribution in [0.25, 0.3) is 0 Å². The highest BCUT2D eigenvalue weighted by Gasteiger charge is 2.29. The fraction of sp³-hybridized carbons (Fsp3) is 0.667. The maximum Gasteiger partial charge on any atom is 0.336 e. The van der Waals surface area contributed by atoms with Crippen LogP contribution >= 0.6 is 0 Å². The summed E-state index contributed by atoms with van der Waals surface area (Å²) in [5.74, 6) is -1.15. The van der Waals surface area contributed by atoms with Crippen molar-refractivity contribution in [1.29, 1.82) is 0 Å². The zero-order valence-corrected chi connectivity index (χ0v) is 5.09. The molecule has 0 saturated carbocycles. The predicted molar refractivity (Wildman–Crippen MR) is 26.6 cm³/mol. The molecule has 1 heterocycles. The fourth-order valence-electron chi connectivity index (χ4n) is 0.380. The molecule has 1 aliphatic rings. The van der Waals surface area contributed by atoms with E-state index in [1.165, 1.54) is 0 Å². The van der Waals surface area contributed by atoms with Crippen LogP contribution in [0.4, 0.5) is 0 Å². The van der Waals surface area contributed by atoms with Gasteiger partial charge in [-0.3, -0.25) is 8.37 Å². The molecule has 1 N–H and O–H groups in total. The highest BCUT2D eigenvalue weighted by Crippen LogP contribution is 2.07. The molecule has 0 spiro atoms. The third-order valence-electron chi connectivity index (χ3n) is 0.786. The van der Waals surface area contributed by atoms with Crippen molar-refractivity contribution < 1.29 is 22.5 Å². The Morgan fingerprint density at radius 2 is 2.44 bits per heavy atom. The summed E-state index contributed by atoms with van der Waals surface area (Å²) in [6, 6.07) is 0. The van der Waals surface area contributed by atoms with Crippen LogP contribution in [0, 0.1) is 0 Å². The molecular weight excluding hydrogens is 148 g/mol. The number of carbonyl (C=O) groups is 1. The summed E-state index contributed by atoms with van der Waals surface area (Å²) in [4.78, 5) is 10.0. The van der Waals surface area contributed by atoms with Gasteiger partial charge < -0.3 is 5.11 Å². The third-order valence-corrected chi connectivity index (χ3v) is 1.50. The quantitative estimate of drug-likeness (QED) is 0.525. The molecule has 0 aliphatic carbocycles. The normalized spacial score (nSPS) is 34.7. The molecule has 0 aromatic rings. The van der Waals surface area contributed by atoms with E-state index >= 15 is 0 Å². The van der Waals surface area contributed by atoms with Gasteiger partial charge in [0.1, 0.15) is 6.61 Å². The number of carboxylic acid groups (broad SMARTS) is 1. The second-order valence-corrected chi connectivity index (χ2v) is 2.25. The van der Waals surface area contributed by atoms with E-state index in [1.54, 1.807) is 0 Å². The molecule has 0 radical (unpaired) electrons. The van der Waals surface area contributed by atoms with Crippen molar-refractivity contribution in [3.63, 3.8) is 0 Å². The zero-order valence-electron chi connectivity index (χ0n) is 4.27. The van der Waals surface area contributed by atoms with Crippen molar-refractivity contribution in [2.24, 2.45) is 0 Å². The first-order valence-electron chi connectivity index (χ1n) is 2.15. The van der Waals surface area contributed by atoms with Crippen molar-refractivity contribution in [2.75, 3.05) is 6.61 Å².